The van der Waals surface area contributed by atoms with E-state index in [-0.39, 0.29) is 24.8 Å². The summed E-state index contributed by atoms with van der Waals surface area (Å²) in [7, 11) is 4.30. The van der Waals surface area contributed by atoms with Gasteiger partial charge in [-0.3, -0.25) is 0 Å². The molecule has 0 atom stereocenters. The van der Waals surface area contributed by atoms with Crippen LogP contribution >= 0.6 is 0 Å². The van der Waals surface area contributed by atoms with E-state index in [1.165, 1.54) is 68.4 Å². The Bertz CT molecular complexity index is 1940. The maximum atomic E-state index is 2.30. The smallest absolute Gasteiger partial charge is 0.00712 e. The van der Waals surface area contributed by atoms with Crippen LogP contribution in [0.5, 0.6) is 0 Å². The van der Waals surface area contributed by atoms with E-state index in [1.807, 2.05) is 0 Å². The normalized spacial score (nSPS) is 10.8. The minimum Gasteiger partial charge on any atom is -1.00 e. The van der Waals surface area contributed by atoms with Crippen molar-refractivity contribution < 1.29 is 49.0 Å². The molecule has 0 aliphatic rings. The molecule has 2 nitrogen and oxygen atoms in total. The first-order valence-corrected chi connectivity index (χ1v) is 14.2. The molecule has 2 heterocycles. The predicted octanol–water partition coefficient (Wildman–Crippen LogP) is 3.16. The zero-order valence-electron chi connectivity index (χ0n) is 23.0. The minimum atomic E-state index is 0. The van der Waals surface area contributed by atoms with Crippen LogP contribution in [-0.4, -0.2) is 12.3 Å². The van der Waals surface area contributed by atoms with Crippen molar-refractivity contribution in [2.24, 2.45) is 14.1 Å². The summed E-state index contributed by atoms with van der Waals surface area (Å²) in [6.45, 7) is 4.25. The fourth-order valence-corrected chi connectivity index (χ4v) is 5.78. The summed E-state index contributed by atoms with van der Waals surface area (Å²) >= 11 is 1.55. The second-order valence-electron chi connectivity index (χ2n) is 10.1. The summed E-state index contributed by atoms with van der Waals surface area (Å²) in [5, 5.41) is 10.8. The molecule has 0 N–H and O–H groups in total. The van der Waals surface area contributed by atoms with E-state index in [4.69, 9.17) is 0 Å². The Morgan fingerprint density at radius 3 is 1.20 bits per heavy atom. The summed E-state index contributed by atoms with van der Waals surface area (Å²) in [4.78, 5) is 0. The number of aryl methyl sites for hydroxylation is 2. The van der Waals surface area contributed by atoms with Crippen molar-refractivity contribution in [1.29, 1.82) is 0 Å². The molecule has 0 saturated heterocycles. The van der Waals surface area contributed by atoms with E-state index >= 15 is 0 Å². The molecule has 0 bridgehead atoms. The van der Waals surface area contributed by atoms with Crippen LogP contribution < -0.4 is 24.8 Å². The first kappa shape index (κ1) is 30.0. The van der Waals surface area contributed by atoms with Crippen LogP contribution in [0.1, 0.15) is 13.8 Å². The second kappa shape index (κ2) is 12.3. The van der Waals surface area contributed by atoms with E-state index in [1.54, 1.807) is 24.2 Å². The molecule has 200 valence electrons. The topological polar surface area (TPSA) is 9.86 Å². The summed E-state index contributed by atoms with van der Waals surface area (Å²) in [6.07, 6.45) is 0. The Labute approximate surface area is 262 Å². The first-order valence-electron chi connectivity index (χ1n) is 13.0. The maximum Gasteiger partial charge on any atom is 0.00712 e. The maximum absolute atomic E-state index is 2.30. The van der Waals surface area contributed by atoms with Gasteiger partial charge in [-0.15, -0.1) is 35.0 Å². The van der Waals surface area contributed by atoms with Crippen LogP contribution in [-0.2, 0) is 38.3 Å². The number of benzene rings is 4. The van der Waals surface area contributed by atoms with E-state index in [9.17, 15) is 0 Å². The average Bonchev–Trinajstić information content (AvgIpc) is 3.64. The summed E-state index contributed by atoms with van der Waals surface area (Å²) in [5.41, 5.74) is 5.31. The molecule has 0 aliphatic heterocycles. The fourth-order valence-electron chi connectivity index (χ4n) is 5.78. The number of aromatic nitrogens is 2. The minimum absolute atomic E-state index is 0. The van der Waals surface area contributed by atoms with Gasteiger partial charge in [0.25, 0.3) is 0 Å². The summed E-state index contributed by atoms with van der Waals surface area (Å²) in [6, 6.07) is 39.0. The third-order valence-corrected chi connectivity index (χ3v) is 7.32. The van der Waals surface area contributed by atoms with Gasteiger partial charge in [0.05, 0.1) is 0 Å². The monoisotopic (exact) mass is 638 g/mol. The Hall–Kier alpha value is -2.97. The molecule has 40 heavy (non-hydrogen) atoms. The van der Waals surface area contributed by atoms with Crippen molar-refractivity contribution in [2.75, 3.05) is 0 Å². The van der Waals surface area contributed by atoms with E-state index in [0.29, 0.717) is 0 Å². The van der Waals surface area contributed by atoms with Crippen molar-refractivity contribution in [1.82, 2.24) is 9.13 Å². The summed E-state index contributed by atoms with van der Waals surface area (Å²) in [5.74, 6) is 0. The van der Waals surface area contributed by atoms with Crippen LogP contribution in [0.15, 0.2) is 109 Å². The molecule has 8 aromatic rings. The van der Waals surface area contributed by atoms with Gasteiger partial charge < -0.3 is 33.9 Å². The van der Waals surface area contributed by atoms with Gasteiger partial charge in [-0.05, 0) is 23.2 Å². The summed E-state index contributed by atoms with van der Waals surface area (Å²) < 4.78 is 6.10. The molecule has 0 spiro atoms. The van der Waals surface area contributed by atoms with Crippen LogP contribution in [0.4, 0.5) is 0 Å². The zero-order chi connectivity index (χ0) is 26.4. The molecule has 8 rings (SSSR count). The van der Waals surface area contributed by atoms with Crippen LogP contribution in [0.2, 0.25) is 0 Å². The quantitative estimate of drug-likeness (QED) is 0.226. The molecular formula is C35H30Cl2N2Zr-2. The van der Waals surface area contributed by atoms with Crippen molar-refractivity contribution >= 4 is 68.4 Å². The zero-order valence-corrected chi connectivity index (χ0v) is 27.0. The number of hydrogen-bond donors (Lipinski definition) is 0. The Morgan fingerprint density at radius 2 is 0.825 bits per heavy atom. The largest absolute Gasteiger partial charge is 1.00 e. The first-order chi connectivity index (χ1) is 18.5. The molecule has 0 fully saturated rings. The van der Waals surface area contributed by atoms with E-state index in [0.717, 1.165) is 0 Å². The predicted molar refractivity (Wildman–Crippen MR) is 163 cm³/mol. The van der Waals surface area contributed by atoms with Crippen molar-refractivity contribution in [2.45, 2.75) is 13.8 Å². The Kier molecular flexibility index (Phi) is 9.20. The SMILES string of the molecule is C[C](C)=[Zr+2].Cn1c2ccccc2c2[cH-]c3ccccc3c21.Cn1c2ccccc2c2[cH-]c3ccccc3c21.[Cl-].[Cl-]. The Morgan fingerprint density at radius 1 is 0.525 bits per heavy atom. The number of fused-ring (bicyclic) bond motifs is 10. The van der Waals surface area contributed by atoms with Gasteiger partial charge >= 0.3 is 41.3 Å². The van der Waals surface area contributed by atoms with E-state index in [2.05, 4.69) is 146 Å². The van der Waals surface area contributed by atoms with Gasteiger partial charge in [-0.25, -0.2) is 0 Å². The molecule has 0 radical (unpaired) electrons. The fraction of sp³-hybridized carbons (Fsp3) is 0.114. The molecule has 0 amide bonds. The average molecular weight is 641 g/mol. The standard InChI is InChI=1S/2C16H12N.C3H6.2ClH.Zr/c2*1-17-15-9-5-4-8-13(15)14-10-11-6-2-3-7-12(11)16(14)17;1-3-2;;;/h2*2-10H,1H3;1-2H3;2*1H;/q2*-1;;;;+2/p-2. The number of para-hydroxylation sites is 2. The molecule has 2 aromatic heterocycles. The third-order valence-electron chi connectivity index (χ3n) is 7.32. The van der Waals surface area contributed by atoms with Crippen molar-refractivity contribution in [3.05, 3.63) is 109 Å². The van der Waals surface area contributed by atoms with Gasteiger partial charge in [-0.2, -0.15) is 0 Å². The van der Waals surface area contributed by atoms with Gasteiger partial charge in [0.1, 0.15) is 0 Å². The number of nitrogens with zero attached hydrogens (tertiary/aromatic N) is 2. The molecule has 0 saturated carbocycles. The van der Waals surface area contributed by atoms with Crippen molar-refractivity contribution in [3.8, 4) is 0 Å². The van der Waals surface area contributed by atoms with Gasteiger partial charge in [0.15, 0.2) is 0 Å². The third kappa shape index (κ3) is 5.12. The molecular weight excluding hydrogens is 611 g/mol. The van der Waals surface area contributed by atoms with Crippen molar-refractivity contribution in [3.63, 3.8) is 0 Å². The van der Waals surface area contributed by atoms with Crippen LogP contribution in [0.25, 0.3) is 65.2 Å². The van der Waals surface area contributed by atoms with Gasteiger partial charge in [0.2, 0.25) is 0 Å². The van der Waals surface area contributed by atoms with E-state index < -0.39 is 0 Å². The van der Waals surface area contributed by atoms with Crippen LogP contribution in [0.3, 0.4) is 0 Å². The molecule has 5 heteroatoms. The number of hydrogen-bond acceptors (Lipinski definition) is 0. The van der Waals surface area contributed by atoms with Gasteiger partial charge in [0, 0.05) is 25.1 Å². The number of rotatable bonds is 0. The number of halogens is 2. The van der Waals surface area contributed by atoms with Gasteiger partial charge in [-0.1, -0.05) is 105 Å². The molecule has 6 aromatic carbocycles. The second-order valence-corrected chi connectivity index (χ2v) is 12.6. The molecule has 0 unspecified atom stereocenters. The Balaban J connectivity index is 0.000000157. The van der Waals surface area contributed by atoms with Crippen LogP contribution in [0, 0.1) is 0 Å². The molecule has 0 aliphatic carbocycles.